The SMILES string of the molecule is CNS(=O)(=O)c1ccc(C2CNCC2C(=O)O)cc1. The Kier molecular flexibility index (Phi) is 3.88. The van der Waals surface area contributed by atoms with Crippen molar-refractivity contribution >= 4 is 16.0 Å². The molecule has 1 aliphatic rings. The summed E-state index contributed by atoms with van der Waals surface area (Å²) < 4.78 is 25.4. The van der Waals surface area contributed by atoms with Crippen LogP contribution in [0.3, 0.4) is 0 Å². The van der Waals surface area contributed by atoms with E-state index in [-0.39, 0.29) is 10.8 Å². The van der Waals surface area contributed by atoms with Crippen LogP contribution in [-0.2, 0) is 14.8 Å². The zero-order valence-electron chi connectivity index (χ0n) is 10.5. The molecular formula is C12H16N2O4S. The zero-order chi connectivity index (χ0) is 14.0. The standard InChI is InChI=1S/C12H16N2O4S/c1-13-19(17,18)9-4-2-8(3-5-9)10-6-14-7-11(10)12(15)16/h2-5,10-11,13-14H,6-7H2,1H3,(H,15,16). The normalized spacial score (nSPS) is 23.4. The van der Waals surface area contributed by atoms with E-state index >= 15 is 0 Å². The molecule has 104 valence electrons. The van der Waals surface area contributed by atoms with E-state index < -0.39 is 21.9 Å². The van der Waals surface area contributed by atoms with E-state index in [0.717, 1.165) is 5.56 Å². The van der Waals surface area contributed by atoms with E-state index in [0.29, 0.717) is 13.1 Å². The lowest BCUT2D eigenvalue weighted by atomic mass is 9.89. The quantitative estimate of drug-likeness (QED) is 0.722. The topological polar surface area (TPSA) is 95.5 Å². The van der Waals surface area contributed by atoms with Crippen LogP contribution in [0.1, 0.15) is 11.5 Å². The molecule has 6 nitrogen and oxygen atoms in total. The maximum Gasteiger partial charge on any atom is 0.308 e. The molecule has 1 aromatic carbocycles. The number of carboxylic acid groups (broad SMARTS) is 1. The minimum Gasteiger partial charge on any atom is -0.481 e. The van der Waals surface area contributed by atoms with Crippen LogP contribution in [0, 0.1) is 5.92 Å². The van der Waals surface area contributed by atoms with Crippen LogP contribution < -0.4 is 10.0 Å². The Morgan fingerprint density at radius 3 is 2.47 bits per heavy atom. The third-order valence-electron chi connectivity index (χ3n) is 3.42. The van der Waals surface area contributed by atoms with Crippen LogP contribution in [0.15, 0.2) is 29.2 Å². The molecule has 0 radical (unpaired) electrons. The van der Waals surface area contributed by atoms with Crippen molar-refractivity contribution in [3.05, 3.63) is 29.8 Å². The highest BCUT2D eigenvalue weighted by atomic mass is 32.2. The zero-order valence-corrected chi connectivity index (χ0v) is 11.3. The minimum atomic E-state index is -3.45. The van der Waals surface area contributed by atoms with E-state index in [1.165, 1.54) is 19.2 Å². The van der Waals surface area contributed by atoms with Gasteiger partial charge < -0.3 is 10.4 Å². The first-order valence-electron chi connectivity index (χ1n) is 5.92. The highest BCUT2D eigenvalue weighted by Crippen LogP contribution is 2.28. The number of benzene rings is 1. The minimum absolute atomic E-state index is 0.121. The van der Waals surface area contributed by atoms with Gasteiger partial charge in [-0.05, 0) is 24.7 Å². The van der Waals surface area contributed by atoms with Crippen molar-refractivity contribution < 1.29 is 18.3 Å². The highest BCUT2D eigenvalue weighted by molar-refractivity contribution is 7.89. The Morgan fingerprint density at radius 2 is 1.95 bits per heavy atom. The van der Waals surface area contributed by atoms with Gasteiger partial charge in [0.25, 0.3) is 0 Å². The second-order valence-electron chi connectivity index (χ2n) is 4.49. The Bertz CT molecular complexity index is 568. The highest BCUT2D eigenvalue weighted by Gasteiger charge is 2.33. The average Bonchev–Trinajstić information content (AvgIpc) is 2.88. The monoisotopic (exact) mass is 284 g/mol. The molecule has 0 amide bonds. The molecule has 0 saturated carbocycles. The van der Waals surface area contributed by atoms with Gasteiger partial charge in [0, 0.05) is 19.0 Å². The Morgan fingerprint density at radius 1 is 1.32 bits per heavy atom. The van der Waals surface area contributed by atoms with Crippen molar-refractivity contribution in [2.75, 3.05) is 20.1 Å². The molecule has 1 heterocycles. The summed E-state index contributed by atoms with van der Waals surface area (Å²) in [6.45, 7) is 1.03. The van der Waals surface area contributed by atoms with Crippen molar-refractivity contribution in [3.8, 4) is 0 Å². The molecule has 1 fully saturated rings. The first-order valence-corrected chi connectivity index (χ1v) is 7.41. The second kappa shape index (κ2) is 5.28. The number of sulfonamides is 1. The molecule has 1 saturated heterocycles. The van der Waals surface area contributed by atoms with Crippen LogP contribution in [0.5, 0.6) is 0 Å². The number of hydrogen-bond donors (Lipinski definition) is 3. The molecular weight excluding hydrogens is 268 g/mol. The van der Waals surface area contributed by atoms with Gasteiger partial charge in [-0.25, -0.2) is 13.1 Å². The van der Waals surface area contributed by atoms with Gasteiger partial charge in [-0.2, -0.15) is 0 Å². The summed E-state index contributed by atoms with van der Waals surface area (Å²) in [7, 11) is -2.10. The molecule has 0 spiro atoms. The molecule has 2 atom stereocenters. The Hall–Kier alpha value is -1.44. The summed E-state index contributed by atoms with van der Waals surface area (Å²) in [5.41, 5.74) is 0.840. The van der Waals surface area contributed by atoms with E-state index in [2.05, 4.69) is 10.0 Å². The molecule has 0 bridgehead atoms. The molecule has 1 aromatic rings. The van der Waals surface area contributed by atoms with Crippen LogP contribution in [0.4, 0.5) is 0 Å². The molecule has 19 heavy (non-hydrogen) atoms. The van der Waals surface area contributed by atoms with E-state index in [9.17, 15) is 13.2 Å². The first-order chi connectivity index (χ1) is 8.95. The van der Waals surface area contributed by atoms with Gasteiger partial charge in [-0.15, -0.1) is 0 Å². The van der Waals surface area contributed by atoms with Crippen LogP contribution >= 0.6 is 0 Å². The Labute approximate surface area is 111 Å². The first kappa shape index (κ1) is 14.0. The fraction of sp³-hybridized carbons (Fsp3) is 0.417. The van der Waals surface area contributed by atoms with Gasteiger partial charge in [0.2, 0.25) is 10.0 Å². The van der Waals surface area contributed by atoms with Gasteiger partial charge in [0.05, 0.1) is 10.8 Å². The fourth-order valence-electron chi connectivity index (χ4n) is 2.30. The number of carbonyl (C=O) groups is 1. The lowest BCUT2D eigenvalue weighted by Gasteiger charge is -2.15. The average molecular weight is 284 g/mol. The van der Waals surface area contributed by atoms with Crippen molar-refractivity contribution in [2.45, 2.75) is 10.8 Å². The van der Waals surface area contributed by atoms with Crippen molar-refractivity contribution in [1.82, 2.24) is 10.0 Å². The van der Waals surface area contributed by atoms with Crippen LogP contribution in [-0.4, -0.2) is 39.6 Å². The van der Waals surface area contributed by atoms with E-state index in [1.54, 1.807) is 12.1 Å². The maximum absolute atomic E-state index is 11.6. The third-order valence-corrected chi connectivity index (χ3v) is 4.85. The lowest BCUT2D eigenvalue weighted by Crippen LogP contribution is -2.21. The maximum atomic E-state index is 11.6. The van der Waals surface area contributed by atoms with Gasteiger partial charge in [0.1, 0.15) is 0 Å². The van der Waals surface area contributed by atoms with Gasteiger partial charge in [0.15, 0.2) is 0 Å². The molecule has 2 rings (SSSR count). The lowest BCUT2D eigenvalue weighted by molar-refractivity contribution is -0.141. The summed E-state index contributed by atoms with van der Waals surface area (Å²) in [4.78, 5) is 11.3. The molecule has 3 N–H and O–H groups in total. The molecule has 0 aliphatic carbocycles. The Balaban J connectivity index is 2.26. The summed E-state index contributed by atoms with van der Waals surface area (Å²) in [5, 5.41) is 12.2. The van der Waals surface area contributed by atoms with Gasteiger partial charge in [-0.1, -0.05) is 12.1 Å². The van der Waals surface area contributed by atoms with Crippen molar-refractivity contribution in [1.29, 1.82) is 0 Å². The van der Waals surface area contributed by atoms with Gasteiger partial charge >= 0.3 is 5.97 Å². The van der Waals surface area contributed by atoms with Crippen LogP contribution in [0.2, 0.25) is 0 Å². The summed E-state index contributed by atoms with van der Waals surface area (Å²) >= 11 is 0. The number of hydrogen-bond acceptors (Lipinski definition) is 4. The number of rotatable bonds is 4. The van der Waals surface area contributed by atoms with E-state index in [4.69, 9.17) is 5.11 Å². The van der Waals surface area contributed by atoms with E-state index in [1.807, 2.05) is 0 Å². The summed E-state index contributed by atoms with van der Waals surface area (Å²) in [6, 6.07) is 6.35. The molecule has 1 aliphatic heterocycles. The number of nitrogens with one attached hydrogen (secondary N) is 2. The smallest absolute Gasteiger partial charge is 0.308 e. The van der Waals surface area contributed by atoms with Crippen molar-refractivity contribution in [2.24, 2.45) is 5.92 Å². The second-order valence-corrected chi connectivity index (χ2v) is 6.37. The molecule has 7 heteroatoms. The predicted octanol–water partition coefficient (Wildman–Crippen LogP) is -0.0177. The largest absolute Gasteiger partial charge is 0.481 e. The van der Waals surface area contributed by atoms with Crippen molar-refractivity contribution in [3.63, 3.8) is 0 Å². The third kappa shape index (κ3) is 2.78. The number of carboxylic acids is 1. The molecule has 2 unspecified atom stereocenters. The predicted molar refractivity (Wildman–Crippen MR) is 69.4 cm³/mol. The fourth-order valence-corrected chi connectivity index (χ4v) is 3.03. The summed E-state index contributed by atoms with van der Waals surface area (Å²) in [5.74, 6) is -1.42. The van der Waals surface area contributed by atoms with Crippen LogP contribution in [0.25, 0.3) is 0 Å². The summed E-state index contributed by atoms with van der Waals surface area (Å²) in [6.07, 6.45) is 0. The number of aliphatic carboxylic acids is 1. The van der Waals surface area contributed by atoms with Gasteiger partial charge in [-0.3, -0.25) is 4.79 Å². The molecule has 0 aromatic heterocycles.